The van der Waals surface area contributed by atoms with Crippen molar-refractivity contribution in [3.63, 3.8) is 0 Å². The molecular formula is C7H16ClNO. The molecule has 0 radical (unpaired) electrons. The lowest BCUT2D eigenvalue weighted by Crippen LogP contribution is -2.34. The molecule has 2 atom stereocenters. The molecule has 0 bridgehead atoms. The maximum atomic E-state index is 5.72. The predicted molar refractivity (Wildman–Crippen MR) is 44.5 cm³/mol. The van der Waals surface area contributed by atoms with Crippen molar-refractivity contribution in [2.75, 3.05) is 6.61 Å². The van der Waals surface area contributed by atoms with Crippen molar-refractivity contribution >= 4 is 12.4 Å². The standard InChI is InChI=1S/C7H15NO.ClH/c1-2-7-5-6(8)3-4-9-7;/h6-7H,2-5,8H2,1H3;1H. The second-order valence-electron chi connectivity index (χ2n) is 2.69. The zero-order chi connectivity index (χ0) is 6.69. The molecule has 0 aromatic carbocycles. The van der Waals surface area contributed by atoms with Crippen molar-refractivity contribution in [2.24, 2.45) is 5.73 Å². The Morgan fingerprint density at radius 2 is 2.30 bits per heavy atom. The number of halogens is 1. The van der Waals surface area contributed by atoms with Crippen LogP contribution in [0.15, 0.2) is 0 Å². The van der Waals surface area contributed by atoms with Gasteiger partial charge in [-0.1, -0.05) is 6.92 Å². The van der Waals surface area contributed by atoms with Gasteiger partial charge in [-0.2, -0.15) is 0 Å². The lowest BCUT2D eigenvalue weighted by Gasteiger charge is -2.25. The normalized spacial score (nSPS) is 33.0. The second-order valence-corrected chi connectivity index (χ2v) is 2.69. The van der Waals surface area contributed by atoms with Crippen LogP contribution in [0.25, 0.3) is 0 Å². The molecule has 0 aromatic rings. The summed E-state index contributed by atoms with van der Waals surface area (Å²) in [5.41, 5.74) is 5.72. The summed E-state index contributed by atoms with van der Waals surface area (Å²) in [6.07, 6.45) is 3.63. The van der Waals surface area contributed by atoms with Gasteiger partial charge in [0.25, 0.3) is 0 Å². The lowest BCUT2D eigenvalue weighted by atomic mass is 10.0. The van der Waals surface area contributed by atoms with Crippen molar-refractivity contribution in [3.05, 3.63) is 0 Å². The van der Waals surface area contributed by atoms with E-state index in [4.69, 9.17) is 10.5 Å². The fraction of sp³-hybridized carbons (Fsp3) is 1.00. The summed E-state index contributed by atoms with van der Waals surface area (Å²) in [5, 5.41) is 0. The highest BCUT2D eigenvalue weighted by Crippen LogP contribution is 2.13. The Hall–Kier alpha value is 0.210. The summed E-state index contributed by atoms with van der Waals surface area (Å²) < 4.78 is 5.42. The van der Waals surface area contributed by atoms with Crippen molar-refractivity contribution in [3.8, 4) is 0 Å². The Morgan fingerprint density at radius 1 is 1.60 bits per heavy atom. The van der Waals surface area contributed by atoms with Crippen LogP contribution in [0.2, 0.25) is 0 Å². The Morgan fingerprint density at radius 3 is 2.70 bits per heavy atom. The van der Waals surface area contributed by atoms with Gasteiger partial charge in [0.15, 0.2) is 0 Å². The molecule has 1 rings (SSSR count). The Balaban J connectivity index is 0.000000810. The molecule has 2 nitrogen and oxygen atoms in total. The van der Waals surface area contributed by atoms with Crippen molar-refractivity contribution < 1.29 is 4.74 Å². The third kappa shape index (κ3) is 2.86. The van der Waals surface area contributed by atoms with Gasteiger partial charge in [0.1, 0.15) is 0 Å². The molecule has 0 aromatic heterocycles. The molecule has 1 aliphatic rings. The molecule has 0 spiro atoms. The molecule has 0 saturated carbocycles. The predicted octanol–water partition coefficient (Wildman–Crippen LogP) is 1.32. The molecule has 62 valence electrons. The molecule has 2 unspecified atom stereocenters. The van der Waals surface area contributed by atoms with Gasteiger partial charge in [0, 0.05) is 12.6 Å². The minimum atomic E-state index is 0. The topological polar surface area (TPSA) is 35.2 Å². The molecule has 1 heterocycles. The van der Waals surface area contributed by atoms with E-state index >= 15 is 0 Å². The van der Waals surface area contributed by atoms with Crippen molar-refractivity contribution in [2.45, 2.75) is 38.3 Å². The maximum absolute atomic E-state index is 5.72. The number of rotatable bonds is 1. The summed E-state index contributed by atoms with van der Waals surface area (Å²) in [5.74, 6) is 0. The van der Waals surface area contributed by atoms with E-state index in [1.54, 1.807) is 0 Å². The Bertz CT molecular complexity index is 89.7. The fourth-order valence-corrected chi connectivity index (χ4v) is 1.19. The van der Waals surface area contributed by atoms with E-state index in [-0.39, 0.29) is 12.4 Å². The minimum absolute atomic E-state index is 0. The highest BCUT2D eigenvalue weighted by Gasteiger charge is 2.17. The van der Waals surface area contributed by atoms with Crippen LogP contribution in [0, 0.1) is 0 Å². The van der Waals surface area contributed by atoms with E-state index in [0.717, 1.165) is 25.9 Å². The van der Waals surface area contributed by atoms with Gasteiger partial charge in [-0.3, -0.25) is 0 Å². The average molecular weight is 166 g/mol. The highest BCUT2D eigenvalue weighted by atomic mass is 35.5. The van der Waals surface area contributed by atoms with Crippen LogP contribution in [0.5, 0.6) is 0 Å². The molecule has 3 heteroatoms. The van der Waals surface area contributed by atoms with Gasteiger partial charge in [-0.05, 0) is 19.3 Å². The molecule has 0 amide bonds. The SMILES string of the molecule is CCC1CC(N)CCO1.Cl. The number of hydrogen-bond acceptors (Lipinski definition) is 2. The average Bonchev–Trinajstić information content (AvgIpc) is 1.88. The van der Waals surface area contributed by atoms with Crippen LogP contribution in [0.1, 0.15) is 26.2 Å². The fourth-order valence-electron chi connectivity index (χ4n) is 1.19. The van der Waals surface area contributed by atoms with Gasteiger partial charge in [0.05, 0.1) is 6.10 Å². The third-order valence-electron chi connectivity index (χ3n) is 1.86. The van der Waals surface area contributed by atoms with Crippen LogP contribution in [-0.4, -0.2) is 18.8 Å². The summed E-state index contributed by atoms with van der Waals surface area (Å²) in [7, 11) is 0. The van der Waals surface area contributed by atoms with Gasteiger partial charge in [0.2, 0.25) is 0 Å². The van der Waals surface area contributed by atoms with Gasteiger partial charge < -0.3 is 10.5 Å². The first kappa shape index (κ1) is 10.2. The van der Waals surface area contributed by atoms with Gasteiger partial charge in [-0.15, -0.1) is 12.4 Å². The third-order valence-corrected chi connectivity index (χ3v) is 1.86. The summed E-state index contributed by atoms with van der Waals surface area (Å²) in [4.78, 5) is 0. The van der Waals surface area contributed by atoms with Crippen molar-refractivity contribution in [1.82, 2.24) is 0 Å². The first-order valence-electron chi connectivity index (χ1n) is 3.70. The molecule has 1 aliphatic heterocycles. The van der Waals surface area contributed by atoms with E-state index < -0.39 is 0 Å². The quantitative estimate of drug-likeness (QED) is 0.636. The highest BCUT2D eigenvalue weighted by molar-refractivity contribution is 5.85. The molecule has 2 N–H and O–H groups in total. The number of hydrogen-bond donors (Lipinski definition) is 1. The van der Waals surface area contributed by atoms with Crippen LogP contribution >= 0.6 is 12.4 Å². The number of ether oxygens (including phenoxy) is 1. The summed E-state index contributed by atoms with van der Waals surface area (Å²) >= 11 is 0. The number of nitrogens with two attached hydrogens (primary N) is 1. The van der Waals surface area contributed by atoms with E-state index in [2.05, 4.69) is 6.92 Å². The van der Waals surface area contributed by atoms with E-state index in [1.807, 2.05) is 0 Å². The van der Waals surface area contributed by atoms with E-state index in [9.17, 15) is 0 Å². The first-order valence-corrected chi connectivity index (χ1v) is 3.70. The van der Waals surface area contributed by atoms with Crippen LogP contribution in [0.3, 0.4) is 0 Å². The first-order chi connectivity index (χ1) is 4.33. The lowest BCUT2D eigenvalue weighted by molar-refractivity contribution is 0.00622. The van der Waals surface area contributed by atoms with Crippen LogP contribution in [-0.2, 0) is 4.74 Å². The van der Waals surface area contributed by atoms with E-state index in [1.165, 1.54) is 0 Å². The Kier molecular flexibility index (Phi) is 5.04. The molecule has 1 saturated heterocycles. The monoisotopic (exact) mass is 165 g/mol. The second kappa shape index (κ2) is 4.94. The van der Waals surface area contributed by atoms with Crippen LogP contribution < -0.4 is 5.73 Å². The summed E-state index contributed by atoms with van der Waals surface area (Å²) in [6, 6.07) is 0.392. The van der Waals surface area contributed by atoms with E-state index in [0.29, 0.717) is 12.1 Å². The smallest absolute Gasteiger partial charge is 0.0587 e. The Labute approximate surface area is 68.5 Å². The molecular weight excluding hydrogens is 150 g/mol. The largest absolute Gasteiger partial charge is 0.378 e. The zero-order valence-electron chi connectivity index (χ0n) is 6.38. The zero-order valence-corrected chi connectivity index (χ0v) is 7.19. The van der Waals surface area contributed by atoms with Gasteiger partial charge in [-0.25, -0.2) is 0 Å². The molecule has 1 fully saturated rings. The molecule has 0 aliphatic carbocycles. The molecule has 10 heavy (non-hydrogen) atoms. The van der Waals surface area contributed by atoms with Gasteiger partial charge >= 0.3 is 0 Å². The van der Waals surface area contributed by atoms with Crippen molar-refractivity contribution in [1.29, 1.82) is 0 Å². The summed E-state index contributed by atoms with van der Waals surface area (Å²) in [6.45, 7) is 3.00. The maximum Gasteiger partial charge on any atom is 0.0587 e. The minimum Gasteiger partial charge on any atom is -0.378 e. The van der Waals surface area contributed by atoms with Crippen LogP contribution in [0.4, 0.5) is 0 Å².